The Kier molecular flexibility index (Phi) is 7.68. The molecule has 2 N–H and O–H groups in total. The summed E-state index contributed by atoms with van der Waals surface area (Å²) in [6.45, 7) is 4.99. The number of aromatic nitrogens is 2. The zero-order valence-electron chi connectivity index (χ0n) is 16.3. The average molecular weight is 373 g/mol. The molecule has 1 aromatic heterocycles. The first-order chi connectivity index (χ1) is 13.2. The Morgan fingerprint density at radius 2 is 2.07 bits per heavy atom. The van der Waals surface area contributed by atoms with E-state index in [0.29, 0.717) is 13.2 Å². The first-order valence-corrected chi connectivity index (χ1v) is 9.98. The molecule has 2 aromatic rings. The maximum absolute atomic E-state index is 10.3. The summed E-state index contributed by atoms with van der Waals surface area (Å²) in [4.78, 5) is 4.62. The van der Waals surface area contributed by atoms with Crippen molar-refractivity contribution in [2.75, 3.05) is 39.8 Å². The summed E-state index contributed by atoms with van der Waals surface area (Å²) < 4.78 is 5.97. The molecule has 0 aliphatic carbocycles. The highest BCUT2D eigenvalue weighted by atomic mass is 16.5. The van der Waals surface area contributed by atoms with Gasteiger partial charge in [0, 0.05) is 31.4 Å². The van der Waals surface area contributed by atoms with Crippen LogP contribution in [0.25, 0.3) is 0 Å². The van der Waals surface area contributed by atoms with Crippen LogP contribution in [0.4, 0.5) is 0 Å². The third-order valence-electron chi connectivity index (χ3n) is 5.10. The number of para-hydroxylation sites is 1. The highest BCUT2D eigenvalue weighted by Gasteiger charge is 2.16. The van der Waals surface area contributed by atoms with Crippen molar-refractivity contribution in [2.24, 2.45) is 0 Å². The molecule has 2 heterocycles. The molecule has 0 bridgehead atoms. The van der Waals surface area contributed by atoms with Crippen LogP contribution in [0, 0.1) is 0 Å². The molecule has 1 saturated heterocycles. The van der Waals surface area contributed by atoms with Crippen LogP contribution in [0.15, 0.2) is 36.7 Å². The summed E-state index contributed by atoms with van der Waals surface area (Å²) in [5.41, 5.74) is 2.37. The molecule has 3 rings (SSSR count). The standard InChI is InChI=1S/C21H32N4O2/c1-24(12-9-18-13-22-23-14-18)15-19-7-3-4-8-21(19)27-17-20(26)16-25-10-5-2-6-11-25/h3-4,7-8,13-14,20,26H,2,5-6,9-12,15-17H2,1H3,(H,22,23). The van der Waals surface area contributed by atoms with E-state index in [9.17, 15) is 5.11 Å². The Balaban J connectivity index is 1.46. The van der Waals surface area contributed by atoms with Gasteiger partial charge in [-0.25, -0.2) is 0 Å². The van der Waals surface area contributed by atoms with Crippen molar-refractivity contribution in [1.29, 1.82) is 0 Å². The third-order valence-corrected chi connectivity index (χ3v) is 5.10. The van der Waals surface area contributed by atoms with Crippen molar-refractivity contribution in [3.05, 3.63) is 47.8 Å². The number of hydrogen-bond acceptors (Lipinski definition) is 5. The fourth-order valence-corrected chi connectivity index (χ4v) is 3.56. The molecule has 27 heavy (non-hydrogen) atoms. The van der Waals surface area contributed by atoms with Crippen LogP contribution < -0.4 is 4.74 Å². The number of likely N-dealkylation sites (N-methyl/N-ethyl adjacent to an activating group) is 1. The Labute approximate surface area is 162 Å². The van der Waals surface area contributed by atoms with Crippen molar-refractivity contribution >= 4 is 0 Å². The fraction of sp³-hybridized carbons (Fsp3) is 0.571. The number of aliphatic hydroxyl groups is 1. The zero-order chi connectivity index (χ0) is 18.9. The predicted octanol–water partition coefficient (Wildman–Crippen LogP) is 2.31. The van der Waals surface area contributed by atoms with Crippen LogP contribution >= 0.6 is 0 Å². The summed E-state index contributed by atoms with van der Waals surface area (Å²) in [6.07, 6.45) is 8.11. The van der Waals surface area contributed by atoms with Crippen LogP contribution in [0.5, 0.6) is 5.75 Å². The van der Waals surface area contributed by atoms with Gasteiger partial charge in [0.2, 0.25) is 0 Å². The molecule has 1 aliphatic rings. The first-order valence-electron chi connectivity index (χ1n) is 9.98. The van der Waals surface area contributed by atoms with E-state index >= 15 is 0 Å². The normalized spacial score (nSPS) is 16.6. The lowest BCUT2D eigenvalue weighted by Crippen LogP contribution is -2.38. The number of H-pyrrole nitrogens is 1. The molecule has 1 aliphatic heterocycles. The minimum Gasteiger partial charge on any atom is -0.491 e. The van der Waals surface area contributed by atoms with Crippen LogP contribution in [0.3, 0.4) is 0 Å². The molecule has 6 heteroatoms. The largest absolute Gasteiger partial charge is 0.491 e. The maximum Gasteiger partial charge on any atom is 0.123 e. The van der Waals surface area contributed by atoms with E-state index in [2.05, 4.69) is 33.1 Å². The minimum absolute atomic E-state index is 0.340. The number of benzene rings is 1. The lowest BCUT2D eigenvalue weighted by molar-refractivity contribution is 0.0612. The number of nitrogens with one attached hydrogen (secondary N) is 1. The molecule has 0 radical (unpaired) electrons. The van der Waals surface area contributed by atoms with E-state index in [-0.39, 0.29) is 0 Å². The van der Waals surface area contributed by atoms with Gasteiger partial charge in [-0.2, -0.15) is 5.10 Å². The van der Waals surface area contributed by atoms with E-state index in [0.717, 1.165) is 43.9 Å². The summed E-state index contributed by atoms with van der Waals surface area (Å²) in [5.74, 6) is 0.866. The number of nitrogens with zero attached hydrogens (tertiary/aromatic N) is 3. The second-order valence-corrected chi connectivity index (χ2v) is 7.53. The molecule has 6 nitrogen and oxygen atoms in total. The lowest BCUT2D eigenvalue weighted by atomic mass is 10.1. The van der Waals surface area contributed by atoms with Crippen molar-refractivity contribution in [2.45, 2.75) is 38.3 Å². The quantitative estimate of drug-likeness (QED) is 0.670. The molecule has 1 fully saturated rings. The molecule has 0 spiro atoms. The van der Waals surface area contributed by atoms with E-state index < -0.39 is 6.10 Å². The van der Waals surface area contributed by atoms with Gasteiger partial charge < -0.3 is 19.6 Å². The number of aromatic amines is 1. The Morgan fingerprint density at radius 3 is 2.85 bits per heavy atom. The maximum atomic E-state index is 10.3. The van der Waals surface area contributed by atoms with E-state index in [1.807, 2.05) is 30.6 Å². The van der Waals surface area contributed by atoms with Gasteiger partial charge in [0.15, 0.2) is 0 Å². The Hall–Kier alpha value is -1.89. The molecule has 1 unspecified atom stereocenters. The molecule has 0 saturated carbocycles. The van der Waals surface area contributed by atoms with Crippen molar-refractivity contribution in [3.8, 4) is 5.75 Å². The summed E-state index contributed by atoms with van der Waals surface area (Å²) in [7, 11) is 2.11. The molecule has 1 aromatic carbocycles. The van der Waals surface area contributed by atoms with E-state index in [4.69, 9.17) is 4.74 Å². The van der Waals surface area contributed by atoms with Crippen molar-refractivity contribution in [3.63, 3.8) is 0 Å². The summed E-state index contributed by atoms with van der Waals surface area (Å²) in [6, 6.07) is 8.12. The molecular formula is C21H32N4O2. The van der Waals surface area contributed by atoms with Crippen LogP contribution in [0.1, 0.15) is 30.4 Å². The summed E-state index contributed by atoms with van der Waals surface area (Å²) in [5, 5.41) is 17.2. The number of β-amino-alcohol motifs (C(OH)–C–C–N with tert-alkyl or cyclic N) is 1. The number of hydrogen-bond donors (Lipinski definition) is 2. The van der Waals surface area contributed by atoms with Gasteiger partial charge in [-0.1, -0.05) is 24.6 Å². The van der Waals surface area contributed by atoms with Crippen molar-refractivity contribution < 1.29 is 9.84 Å². The average Bonchev–Trinajstić information content (AvgIpc) is 3.20. The fourth-order valence-electron chi connectivity index (χ4n) is 3.56. The Morgan fingerprint density at radius 1 is 1.26 bits per heavy atom. The highest BCUT2D eigenvalue weighted by Crippen LogP contribution is 2.20. The summed E-state index contributed by atoms with van der Waals surface area (Å²) >= 11 is 0. The predicted molar refractivity (Wildman–Crippen MR) is 107 cm³/mol. The van der Waals surface area contributed by atoms with Crippen LogP contribution in [-0.2, 0) is 13.0 Å². The number of rotatable bonds is 10. The van der Waals surface area contributed by atoms with Crippen molar-refractivity contribution in [1.82, 2.24) is 20.0 Å². The molecular weight excluding hydrogens is 340 g/mol. The topological polar surface area (TPSA) is 64.6 Å². The molecule has 0 amide bonds. The second kappa shape index (κ2) is 10.4. The monoisotopic (exact) mass is 372 g/mol. The minimum atomic E-state index is -0.449. The van der Waals surface area contributed by atoms with Gasteiger partial charge in [0.1, 0.15) is 18.5 Å². The van der Waals surface area contributed by atoms with Gasteiger partial charge in [0.25, 0.3) is 0 Å². The number of ether oxygens (including phenoxy) is 1. The molecule has 1 atom stereocenters. The van der Waals surface area contributed by atoms with Crippen LogP contribution in [0.2, 0.25) is 0 Å². The first kappa shape index (κ1) is 19.9. The van der Waals surface area contributed by atoms with Gasteiger partial charge in [0.05, 0.1) is 6.20 Å². The Bertz CT molecular complexity index is 656. The van der Waals surface area contributed by atoms with E-state index in [1.54, 1.807) is 0 Å². The number of aliphatic hydroxyl groups excluding tert-OH is 1. The number of likely N-dealkylation sites (tertiary alicyclic amines) is 1. The van der Waals surface area contributed by atoms with Gasteiger partial charge in [-0.15, -0.1) is 0 Å². The van der Waals surface area contributed by atoms with Gasteiger partial charge in [-0.05, 0) is 51.0 Å². The third kappa shape index (κ3) is 6.65. The smallest absolute Gasteiger partial charge is 0.123 e. The number of piperidine rings is 1. The SMILES string of the molecule is CN(CCc1cn[nH]c1)Cc1ccccc1OCC(O)CN1CCCCC1. The highest BCUT2D eigenvalue weighted by molar-refractivity contribution is 5.33. The molecule has 148 valence electrons. The van der Waals surface area contributed by atoms with Gasteiger partial charge >= 0.3 is 0 Å². The van der Waals surface area contributed by atoms with E-state index in [1.165, 1.54) is 24.8 Å². The van der Waals surface area contributed by atoms with Gasteiger partial charge in [-0.3, -0.25) is 5.10 Å². The zero-order valence-corrected chi connectivity index (χ0v) is 16.3. The second-order valence-electron chi connectivity index (χ2n) is 7.53. The lowest BCUT2D eigenvalue weighted by Gasteiger charge is -2.28. The van der Waals surface area contributed by atoms with Crippen LogP contribution in [-0.4, -0.2) is 71.0 Å².